The number of alkyl halides is 1. The van der Waals surface area contributed by atoms with Crippen LogP contribution in [-0.2, 0) is 7.05 Å². The molecule has 1 saturated heterocycles. The van der Waals surface area contributed by atoms with Gasteiger partial charge >= 0.3 is 0 Å². The fourth-order valence-electron chi connectivity index (χ4n) is 2.27. The van der Waals surface area contributed by atoms with Crippen molar-refractivity contribution in [3.05, 3.63) is 18.2 Å². The number of aryl methyl sites for hydroxylation is 1. The second kappa shape index (κ2) is 3.91. The summed E-state index contributed by atoms with van der Waals surface area (Å²) in [7, 11) is 4.19. The maximum absolute atomic E-state index is 5.97. The molecule has 4 heteroatoms. The minimum atomic E-state index is 0.498. The van der Waals surface area contributed by atoms with Gasteiger partial charge in [-0.3, -0.25) is 0 Å². The topological polar surface area (TPSA) is 21.1 Å². The summed E-state index contributed by atoms with van der Waals surface area (Å²) in [5, 5.41) is 0. The molecule has 0 aromatic carbocycles. The van der Waals surface area contributed by atoms with Gasteiger partial charge in [0.15, 0.2) is 0 Å². The van der Waals surface area contributed by atoms with Crippen LogP contribution < -0.4 is 0 Å². The summed E-state index contributed by atoms with van der Waals surface area (Å²) in [6.45, 7) is 2.16. The zero-order valence-electron chi connectivity index (χ0n) is 8.65. The third-order valence-electron chi connectivity index (χ3n) is 3.01. The fourth-order valence-corrected chi connectivity index (χ4v) is 2.58. The Labute approximate surface area is 89.7 Å². The van der Waals surface area contributed by atoms with Crippen molar-refractivity contribution in [3.63, 3.8) is 0 Å². The summed E-state index contributed by atoms with van der Waals surface area (Å²) in [5.74, 6) is 2.93. The zero-order valence-corrected chi connectivity index (χ0v) is 9.41. The average molecular weight is 214 g/mol. The van der Waals surface area contributed by atoms with E-state index in [-0.39, 0.29) is 0 Å². The Bertz CT molecular complexity index is 310. The molecular weight excluding hydrogens is 198 g/mol. The van der Waals surface area contributed by atoms with Gasteiger partial charge in [0.2, 0.25) is 0 Å². The smallest absolute Gasteiger partial charge is 0.113 e. The van der Waals surface area contributed by atoms with Crippen molar-refractivity contribution in [2.45, 2.75) is 5.92 Å². The SMILES string of the molecule is CN1CC(CCl)C(c2nccn2C)C1. The minimum absolute atomic E-state index is 0.498. The number of hydrogen-bond donors (Lipinski definition) is 0. The molecule has 3 nitrogen and oxygen atoms in total. The summed E-state index contributed by atoms with van der Waals surface area (Å²) in [5.41, 5.74) is 0. The first-order valence-electron chi connectivity index (χ1n) is 4.94. The summed E-state index contributed by atoms with van der Waals surface area (Å²) < 4.78 is 2.10. The third kappa shape index (κ3) is 1.66. The molecule has 0 saturated carbocycles. The van der Waals surface area contributed by atoms with Crippen LogP contribution in [0.5, 0.6) is 0 Å². The number of nitrogens with zero attached hydrogens (tertiary/aromatic N) is 3. The van der Waals surface area contributed by atoms with Crippen LogP contribution in [0.2, 0.25) is 0 Å². The lowest BCUT2D eigenvalue weighted by Crippen LogP contribution is -2.16. The van der Waals surface area contributed by atoms with Crippen LogP contribution in [-0.4, -0.2) is 40.5 Å². The van der Waals surface area contributed by atoms with E-state index in [1.54, 1.807) is 0 Å². The fraction of sp³-hybridized carbons (Fsp3) is 0.700. The summed E-state index contributed by atoms with van der Waals surface area (Å²) in [6.07, 6.45) is 3.86. The molecule has 2 heterocycles. The Morgan fingerprint density at radius 2 is 2.29 bits per heavy atom. The highest BCUT2D eigenvalue weighted by Gasteiger charge is 2.33. The summed E-state index contributed by atoms with van der Waals surface area (Å²) in [4.78, 5) is 6.73. The van der Waals surface area contributed by atoms with Crippen LogP contribution in [0.3, 0.4) is 0 Å². The Kier molecular flexibility index (Phi) is 2.79. The van der Waals surface area contributed by atoms with Crippen LogP contribution in [0.25, 0.3) is 0 Å². The van der Waals surface area contributed by atoms with Crippen molar-refractivity contribution in [2.24, 2.45) is 13.0 Å². The maximum atomic E-state index is 5.97. The molecule has 78 valence electrons. The Balaban J connectivity index is 2.21. The third-order valence-corrected chi connectivity index (χ3v) is 3.41. The van der Waals surface area contributed by atoms with Gasteiger partial charge in [-0.25, -0.2) is 4.98 Å². The van der Waals surface area contributed by atoms with Crippen molar-refractivity contribution in [1.29, 1.82) is 0 Å². The van der Waals surface area contributed by atoms with Gasteiger partial charge in [-0.1, -0.05) is 0 Å². The van der Waals surface area contributed by atoms with Gasteiger partial charge in [-0.15, -0.1) is 11.6 Å². The van der Waals surface area contributed by atoms with E-state index < -0.39 is 0 Å². The molecule has 1 aliphatic heterocycles. The molecule has 2 rings (SSSR count). The average Bonchev–Trinajstić information content (AvgIpc) is 2.71. The van der Waals surface area contributed by atoms with Crippen molar-refractivity contribution < 1.29 is 0 Å². The Morgan fingerprint density at radius 1 is 1.50 bits per heavy atom. The summed E-state index contributed by atoms with van der Waals surface area (Å²) in [6, 6.07) is 0. The Morgan fingerprint density at radius 3 is 2.86 bits per heavy atom. The van der Waals surface area contributed by atoms with E-state index >= 15 is 0 Å². The highest BCUT2D eigenvalue weighted by molar-refractivity contribution is 6.18. The lowest BCUT2D eigenvalue weighted by Gasteiger charge is -2.15. The van der Waals surface area contributed by atoms with E-state index in [0.717, 1.165) is 19.0 Å². The van der Waals surface area contributed by atoms with Crippen LogP contribution in [0.1, 0.15) is 11.7 Å². The number of halogens is 1. The van der Waals surface area contributed by atoms with Gasteiger partial charge in [0.05, 0.1) is 0 Å². The zero-order chi connectivity index (χ0) is 10.1. The molecular formula is C10H16ClN3. The van der Waals surface area contributed by atoms with E-state index in [1.807, 2.05) is 19.4 Å². The molecule has 1 fully saturated rings. The number of imidazole rings is 1. The number of hydrogen-bond acceptors (Lipinski definition) is 2. The standard InChI is InChI=1S/C10H16ClN3/c1-13-6-8(5-11)9(7-13)10-12-3-4-14(10)2/h3-4,8-9H,5-7H2,1-2H3. The molecule has 0 spiro atoms. The van der Waals surface area contributed by atoms with Gasteiger partial charge in [0, 0.05) is 44.3 Å². The van der Waals surface area contributed by atoms with E-state index in [9.17, 15) is 0 Å². The molecule has 14 heavy (non-hydrogen) atoms. The molecule has 2 unspecified atom stereocenters. The number of aromatic nitrogens is 2. The second-order valence-corrected chi connectivity index (χ2v) is 4.45. The van der Waals surface area contributed by atoms with E-state index in [0.29, 0.717) is 11.8 Å². The molecule has 1 aromatic rings. The van der Waals surface area contributed by atoms with Crippen molar-refractivity contribution in [1.82, 2.24) is 14.5 Å². The molecule has 1 aliphatic rings. The lowest BCUT2D eigenvalue weighted by atomic mass is 9.97. The van der Waals surface area contributed by atoms with Crippen LogP contribution in [0.4, 0.5) is 0 Å². The number of likely N-dealkylation sites (tertiary alicyclic amines) is 1. The Hall–Kier alpha value is -0.540. The largest absolute Gasteiger partial charge is 0.338 e. The first-order chi connectivity index (χ1) is 6.72. The predicted octanol–water partition coefficient (Wildman–Crippen LogP) is 1.30. The second-order valence-electron chi connectivity index (χ2n) is 4.14. The van der Waals surface area contributed by atoms with Gasteiger partial charge in [0.1, 0.15) is 5.82 Å². The molecule has 2 atom stereocenters. The van der Waals surface area contributed by atoms with Gasteiger partial charge in [-0.2, -0.15) is 0 Å². The molecule has 0 aliphatic carbocycles. The monoisotopic (exact) mass is 213 g/mol. The van der Waals surface area contributed by atoms with Crippen LogP contribution in [0.15, 0.2) is 12.4 Å². The molecule has 0 bridgehead atoms. The van der Waals surface area contributed by atoms with E-state index in [2.05, 4.69) is 21.5 Å². The van der Waals surface area contributed by atoms with Crippen molar-refractivity contribution >= 4 is 11.6 Å². The quantitative estimate of drug-likeness (QED) is 0.691. The first-order valence-corrected chi connectivity index (χ1v) is 5.47. The van der Waals surface area contributed by atoms with E-state index in [1.165, 1.54) is 5.82 Å². The summed E-state index contributed by atoms with van der Waals surface area (Å²) >= 11 is 5.97. The molecule has 1 aromatic heterocycles. The molecule has 0 amide bonds. The van der Waals surface area contributed by atoms with Crippen molar-refractivity contribution in [3.8, 4) is 0 Å². The number of likely N-dealkylation sites (N-methyl/N-ethyl adjacent to an activating group) is 1. The maximum Gasteiger partial charge on any atom is 0.113 e. The normalized spacial score (nSPS) is 28.5. The molecule has 0 radical (unpaired) electrons. The minimum Gasteiger partial charge on any atom is -0.338 e. The van der Waals surface area contributed by atoms with Crippen LogP contribution >= 0.6 is 11.6 Å². The molecule has 0 N–H and O–H groups in total. The van der Waals surface area contributed by atoms with Gasteiger partial charge in [0.25, 0.3) is 0 Å². The predicted molar refractivity (Wildman–Crippen MR) is 57.7 cm³/mol. The van der Waals surface area contributed by atoms with Gasteiger partial charge in [-0.05, 0) is 13.0 Å². The highest BCUT2D eigenvalue weighted by atomic mass is 35.5. The van der Waals surface area contributed by atoms with Crippen molar-refractivity contribution in [2.75, 3.05) is 26.0 Å². The highest BCUT2D eigenvalue weighted by Crippen LogP contribution is 2.31. The number of rotatable bonds is 2. The lowest BCUT2D eigenvalue weighted by molar-refractivity contribution is 0.400. The van der Waals surface area contributed by atoms with Crippen LogP contribution in [0, 0.1) is 5.92 Å². The first kappa shape index (κ1) is 9.99. The van der Waals surface area contributed by atoms with E-state index in [4.69, 9.17) is 11.6 Å². The van der Waals surface area contributed by atoms with Gasteiger partial charge < -0.3 is 9.47 Å².